The average molecular weight is 449 g/mol. The highest BCUT2D eigenvalue weighted by molar-refractivity contribution is 7.92. The van der Waals surface area contributed by atoms with E-state index in [1.54, 1.807) is 31.2 Å². The number of anilines is 1. The van der Waals surface area contributed by atoms with E-state index in [0.29, 0.717) is 18.0 Å². The van der Waals surface area contributed by atoms with Crippen LogP contribution in [0.3, 0.4) is 0 Å². The maximum absolute atomic E-state index is 12.6. The minimum Gasteiger partial charge on any atom is -0.494 e. The fourth-order valence-electron chi connectivity index (χ4n) is 3.20. The maximum Gasteiger partial charge on any atom is 0.243 e. The van der Waals surface area contributed by atoms with Gasteiger partial charge in [-0.2, -0.15) is 0 Å². The van der Waals surface area contributed by atoms with Gasteiger partial charge in [0.15, 0.2) is 0 Å². The van der Waals surface area contributed by atoms with Crippen LogP contribution in [0.15, 0.2) is 48.5 Å². The minimum absolute atomic E-state index is 0.265. The Kier molecular flexibility index (Phi) is 9.18. The number of carbonyl (C=O) groups excluding carboxylic acids is 1. The molecule has 170 valence electrons. The van der Waals surface area contributed by atoms with Gasteiger partial charge in [-0.3, -0.25) is 9.10 Å². The Morgan fingerprint density at radius 3 is 2.13 bits per heavy atom. The molecule has 0 aliphatic heterocycles. The van der Waals surface area contributed by atoms with E-state index in [2.05, 4.69) is 12.2 Å². The molecule has 31 heavy (non-hydrogen) atoms. The standard InChI is InChI=1S/C23H32N2O5S/c1-5-7-19-8-12-22(13-9-19)30-17-16-24-23(26)18(3)25(31(4,27)28)20-10-14-21(15-11-20)29-6-2/h8-15,18H,5-7,16-17H2,1-4H3,(H,24,26). The van der Waals surface area contributed by atoms with Gasteiger partial charge in [0.25, 0.3) is 0 Å². The van der Waals surface area contributed by atoms with Crippen LogP contribution in [0.2, 0.25) is 0 Å². The van der Waals surface area contributed by atoms with Gasteiger partial charge in [-0.15, -0.1) is 0 Å². The first-order chi connectivity index (χ1) is 14.8. The molecule has 1 atom stereocenters. The van der Waals surface area contributed by atoms with Crippen LogP contribution < -0.4 is 19.1 Å². The Balaban J connectivity index is 1.93. The molecule has 2 aromatic rings. The number of nitrogens with zero attached hydrogens (tertiary/aromatic N) is 1. The molecule has 2 aromatic carbocycles. The van der Waals surface area contributed by atoms with Gasteiger partial charge in [0.1, 0.15) is 24.1 Å². The van der Waals surface area contributed by atoms with Crippen molar-refractivity contribution in [2.24, 2.45) is 0 Å². The number of hydrogen-bond acceptors (Lipinski definition) is 5. The Bertz CT molecular complexity index is 927. The van der Waals surface area contributed by atoms with Crippen LogP contribution in [-0.2, 0) is 21.2 Å². The van der Waals surface area contributed by atoms with E-state index < -0.39 is 22.0 Å². The second kappa shape index (κ2) is 11.6. The van der Waals surface area contributed by atoms with Crippen molar-refractivity contribution in [1.29, 1.82) is 0 Å². The summed E-state index contributed by atoms with van der Waals surface area (Å²) in [6, 6.07) is 13.6. The van der Waals surface area contributed by atoms with Gasteiger partial charge in [-0.1, -0.05) is 25.5 Å². The van der Waals surface area contributed by atoms with Crippen molar-refractivity contribution in [2.45, 2.75) is 39.7 Å². The normalized spacial score (nSPS) is 12.1. The lowest BCUT2D eigenvalue weighted by molar-refractivity contribution is -0.121. The largest absolute Gasteiger partial charge is 0.494 e. The molecular weight excluding hydrogens is 416 g/mol. The smallest absolute Gasteiger partial charge is 0.243 e. The first kappa shape index (κ1) is 24.5. The van der Waals surface area contributed by atoms with Crippen LogP contribution in [0.5, 0.6) is 11.5 Å². The molecular formula is C23H32N2O5S. The predicted molar refractivity (Wildman–Crippen MR) is 123 cm³/mol. The molecule has 0 spiro atoms. The molecule has 0 aromatic heterocycles. The van der Waals surface area contributed by atoms with Crippen molar-refractivity contribution in [3.63, 3.8) is 0 Å². The van der Waals surface area contributed by atoms with Gasteiger partial charge in [0, 0.05) is 0 Å². The summed E-state index contributed by atoms with van der Waals surface area (Å²) in [5.41, 5.74) is 1.66. The summed E-state index contributed by atoms with van der Waals surface area (Å²) in [7, 11) is -3.67. The van der Waals surface area contributed by atoms with E-state index in [0.717, 1.165) is 29.2 Å². The second-order valence-corrected chi connectivity index (χ2v) is 9.05. The van der Waals surface area contributed by atoms with Crippen molar-refractivity contribution in [3.8, 4) is 11.5 Å². The molecule has 0 aliphatic rings. The van der Waals surface area contributed by atoms with Crippen LogP contribution in [0, 0.1) is 0 Å². The lowest BCUT2D eigenvalue weighted by Gasteiger charge is -2.28. The Morgan fingerprint density at radius 1 is 1.00 bits per heavy atom. The van der Waals surface area contributed by atoms with Crippen molar-refractivity contribution >= 4 is 21.6 Å². The maximum atomic E-state index is 12.6. The Labute approximate surface area is 185 Å². The number of benzene rings is 2. The Morgan fingerprint density at radius 2 is 1.58 bits per heavy atom. The molecule has 0 heterocycles. The van der Waals surface area contributed by atoms with Crippen LogP contribution in [0.1, 0.15) is 32.8 Å². The molecule has 1 unspecified atom stereocenters. The minimum atomic E-state index is -3.67. The lowest BCUT2D eigenvalue weighted by atomic mass is 10.1. The quantitative estimate of drug-likeness (QED) is 0.503. The molecule has 7 nitrogen and oxygen atoms in total. The summed E-state index contributed by atoms with van der Waals surface area (Å²) in [4.78, 5) is 12.6. The van der Waals surface area contributed by atoms with E-state index in [4.69, 9.17) is 9.47 Å². The molecule has 0 saturated carbocycles. The molecule has 2 rings (SSSR count). The third-order valence-corrected chi connectivity index (χ3v) is 5.86. The van der Waals surface area contributed by atoms with E-state index in [1.165, 1.54) is 5.56 Å². The number of sulfonamides is 1. The fourth-order valence-corrected chi connectivity index (χ4v) is 4.37. The van der Waals surface area contributed by atoms with Crippen LogP contribution >= 0.6 is 0 Å². The molecule has 0 saturated heterocycles. The molecule has 0 radical (unpaired) electrons. The number of ether oxygens (including phenoxy) is 2. The lowest BCUT2D eigenvalue weighted by Crippen LogP contribution is -2.48. The van der Waals surface area contributed by atoms with Crippen LogP contribution in [0.4, 0.5) is 5.69 Å². The first-order valence-corrected chi connectivity index (χ1v) is 12.3. The van der Waals surface area contributed by atoms with Gasteiger partial charge in [0.05, 0.1) is 25.1 Å². The highest BCUT2D eigenvalue weighted by atomic mass is 32.2. The predicted octanol–water partition coefficient (Wildman–Crippen LogP) is 3.39. The van der Waals surface area contributed by atoms with E-state index >= 15 is 0 Å². The van der Waals surface area contributed by atoms with Gasteiger partial charge in [-0.05, 0) is 62.2 Å². The van der Waals surface area contributed by atoms with E-state index in [1.807, 2.05) is 31.2 Å². The van der Waals surface area contributed by atoms with Crippen molar-refractivity contribution in [2.75, 3.05) is 30.3 Å². The zero-order chi connectivity index (χ0) is 22.9. The van der Waals surface area contributed by atoms with Gasteiger partial charge >= 0.3 is 0 Å². The van der Waals surface area contributed by atoms with Gasteiger partial charge < -0.3 is 14.8 Å². The molecule has 1 N–H and O–H groups in total. The second-order valence-electron chi connectivity index (χ2n) is 7.20. The number of aryl methyl sites for hydroxylation is 1. The van der Waals surface area contributed by atoms with Crippen molar-refractivity contribution < 1.29 is 22.7 Å². The number of hydrogen-bond donors (Lipinski definition) is 1. The van der Waals surface area contributed by atoms with Gasteiger partial charge in [-0.25, -0.2) is 8.42 Å². The number of nitrogens with one attached hydrogen (secondary N) is 1. The SMILES string of the molecule is CCCc1ccc(OCCNC(=O)C(C)N(c2ccc(OCC)cc2)S(C)(=O)=O)cc1. The van der Waals surface area contributed by atoms with Crippen molar-refractivity contribution in [3.05, 3.63) is 54.1 Å². The van der Waals surface area contributed by atoms with Crippen LogP contribution in [-0.4, -0.2) is 46.4 Å². The molecule has 0 fully saturated rings. The molecule has 1 amide bonds. The zero-order valence-corrected chi connectivity index (χ0v) is 19.4. The summed E-state index contributed by atoms with van der Waals surface area (Å²) in [5, 5.41) is 2.74. The fraction of sp³-hybridized carbons (Fsp3) is 0.435. The topological polar surface area (TPSA) is 84.9 Å². The van der Waals surface area contributed by atoms with Crippen LogP contribution in [0.25, 0.3) is 0 Å². The third-order valence-electron chi connectivity index (χ3n) is 4.62. The molecule has 0 aliphatic carbocycles. The summed E-state index contributed by atoms with van der Waals surface area (Å²) < 4.78 is 36.9. The zero-order valence-electron chi connectivity index (χ0n) is 18.6. The third kappa shape index (κ3) is 7.47. The number of carbonyl (C=O) groups is 1. The highest BCUT2D eigenvalue weighted by Crippen LogP contribution is 2.24. The average Bonchev–Trinajstić information content (AvgIpc) is 2.73. The molecule has 0 bridgehead atoms. The summed E-state index contributed by atoms with van der Waals surface area (Å²) in [5.74, 6) is 0.965. The monoisotopic (exact) mass is 448 g/mol. The van der Waals surface area contributed by atoms with Crippen molar-refractivity contribution in [1.82, 2.24) is 5.32 Å². The van der Waals surface area contributed by atoms with E-state index in [9.17, 15) is 13.2 Å². The highest BCUT2D eigenvalue weighted by Gasteiger charge is 2.28. The summed E-state index contributed by atoms with van der Waals surface area (Å²) in [6.45, 7) is 6.62. The van der Waals surface area contributed by atoms with E-state index in [-0.39, 0.29) is 13.2 Å². The number of amides is 1. The first-order valence-electron chi connectivity index (χ1n) is 10.5. The summed E-state index contributed by atoms with van der Waals surface area (Å²) >= 11 is 0. The Hall–Kier alpha value is -2.74. The van der Waals surface area contributed by atoms with Gasteiger partial charge in [0.2, 0.25) is 15.9 Å². The molecule has 8 heteroatoms. The number of rotatable bonds is 12. The summed E-state index contributed by atoms with van der Waals surface area (Å²) in [6.07, 6.45) is 3.20.